The maximum absolute atomic E-state index is 6.14. The van der Waals surface area contributed by atoms with Crippen LogP contribution < -0.4 is 14.8 Å². The zero-order valence-corrected chi connectivity index (χ0v) is 12.5. The summed E-state index contributed by atoms with van der Waals surface area (Å²) in [4.78, 5) is 0. The number of nitrogens with zero attached hydrogens (tertiary/aromatic N) is 1. The summed E-state index contributed by atoms with van der Waals surface area (Å²) in [5.74, 6) is 1.97. The highest BCUT2D eigenvalue weighted by Crippen LogP contribution is 2.35. The summed E-state index contributed by atoms with van der Waals surface area (Å²) >= 11 is 6.14. The second kappa shape index (κ2) is 6.37. The minimum Gasteiger partial charge on any atom is -0.493 e. The minimum atomic E-state index is 0.300. The molecule has 1 aromatic carbocycles. The number of halogens is 1. The summed E-state index contributed by atoms with van der Waals surface area (Å²) in [6.07, 6.45) is 4.05. The third-order valence-electron chi connectivity index (χ3n) is 3.33. The number of methoxy groups -OCH3 is 1. The van der Waals surface area contributed by atoms with E-state index in [1.165, 1.54) is 12.8 Å². The Morgan fingerprint density at radius 3 is 2.95 bits per heavy atom. The standard InChI is InChI=1S/C15H17ClN2O3/c1-19-14-7-11(16)6-10(8-17-12-2-3-12)15(14)20-9-13-4-5-18-21-13/h4-7,12,17H,2-3,8-9H2,1H3. The summed E-state index contributed by atoms with van der Waals surface area (Å²) in [5, 5.41) is 7.75. The molecule has 3 rings (SSSR count). The zero-order chi connectivity index (χ0) is 14.7. The summed E-state index contributed by atoms with van der Waals surface area (Å²) in [7, 11) is 1.60. The molecule has 1 saturated carbocycles. The molecule has 0 atom stereocenters. The molecule has 1 fully saturated rings. The quantitative estimate of drug-likeness (QED) is 0.851. The normalized spacial score (nSPS) is 14.2. The Morgan fingerprint density at radius 2 is 2.29 bits per heavy atom. The summed E-state index contributed by atoms with van der Waals surface area (Å²) in [6.45, 7) is 1.00. The van der Waals surface area contributed by atoms with Crippen LogP contribution >= 0.6 is 11.6 Å². The van der Waals surface area contributed by atoms with Crippen molar-refractivity contribution in [2.75, 3.05) is 7.11 Å². The lowest BCUT2D eigenvalue weighted by atomic mass is 10.1. The highest BCUT2D eigenvalue weighted by Gasteiger charge is 2.22. The van der Waals surface area contributed by atoms with Gasteiger partial charge >= 0.3 is 0 Å². The Morgan fingerprint density at radius 1 is 1.43 bits per heavy atom. The Kier molecular flexibility index (Phi) is 4.31. The average Bonchev–Trinajstić information content (AvgIpc) is 3.17. The van der Waals surface area contributed by atoms with Crippen LogP contribution in [0.25, 0.3) is 0 Å². The first-order valence-electron chi connectivity index (χ1n) is 6.88. The van der Waals surface area contributed by atoms with E-state index in [0.717, 1.165) is 5.56 Å². The van der Waals surface area contributed by atoms with E-state index >= 15 is 0 Å². The molecule has 0 amide bonds. The molecule has 0 aliphatic heterocycles. The predicted molar refractivity (Wildman–Crippen MR) is 78.7 cm³/mol. The third kappa shape index (κ3) is 3.68. The second-order valence-electron chi connectivity index (χ2n) is 5.02. The predicted octanol–water partition coefficient (Wildman–Crippen LogP) is 3.17. The monoisotopic (exact) mass is 308 g/mol. The molecule has 0 unspecified atom stereocenters. The fraction of sp³-hybridized carbons (Fsp3) is 0.400. The van der Waals surface area contributed by atoms with Crippen LogP contribution in [0.5, 0.6) is 11.5 Å². The lowest BCUT2D eigenvalue weighted by Crippen LogP contribution is -2.16. The van der Waals surface area contributed by atoms with Gasteiger partial charge in [-0.25, -0.2) is 0 Å². The molecule has 1 aromatic heterocycles. The van der Waals surface area contributed by atoms with Crippen LogP contribution in [0.1, 0.15) is 24.2 Å². The largest absolute Gasteiger partial charge is 0.493 e. The first-order chi connectivity index (χ1) is 10.3. The molecule has 2 aromatic rings. The number of aromatic nitrogens is 1. The van der Waals surface area contributed by atoms with Crippen molar-refractivity contribution in [2.24, 2.45) is 0 Å². The van der Waals surface area contributed by atoms with E-state index in [0.29, 0.717) is 41.5 Å². The van der Waals surface area contributed by atoms with E-state index in [9.17, 15) is 0 Å². The van der Waals surface area contributed by atoms with Crippen molar-refractivity contribution >= 4 is 11.6 Å². The van der Waals surface area contributed by atoms with Crippen LogP contribution in [0, 0.1) is 0 Å². The van der Waals surface area contributed by atoms with Crippen molar-refractivity contribution in [3.05, 3.63) is 40.7 Å². The van der Waals surface area contributed by atoms with Crippen LogP contribution in [0.4, 0.5) is 0 Å². The molecule has 0 bridgehead atoms. The minimum absolute atomic E-state index is 0.300. The number of nitrogens with one attached hydrogen (secondary N) is 1. The van der Waals surface area contributed by atoms with E-state index in [2.05, 4.69) is 10.5 Å². The van der Waals surface area contributed by atoms with Gasteiger partial charge in [0.2, 0.25) is 0 Å². The van der Waals surface area contributed by atoms with Crippen LogP contribution in [0.2, 0.25) is 5.02 Å². The summed E-state index contributed by atoms with van der Waals surface area (Å²) < 4.78 is 16.3. The Hall–Kier alpha value is -1.72. The van der Waals surface area contributed by atoms with Crippen molar-refractivity contribution in [2.45, 2.75) is 32.0 Å². The molecule has 112 valence electrons. The number of hydrogen-bond donors (Lipinski definition) is 1. The van der Waals surface area contributed by atoms with Crippen molar-refractivity contribution in [3.8, 4) is 11.5 Å². The smallest absolute Gasteiger partial charge is 0.174 e. The number of ether oxygens (including phenoxy) is 2. The molecule has 0 saturated heterocycles. The second-order valence-corrected chi connectivity index (χ2v) is 5.46. The fourth-order valence-electron chi connectivity index (χ4n) is 2.07. The van der Waals surface area contributed by atoms with Gasteiger partial charge in [-0.3, -0.25) is 0 Å². The van der Waals surface area contributed by atoms with Gasteiger partial charge in [0.25, 0.3) is 0 Å². The highest BCUT2D eigenvalue weighted by atomic mass is 35.5. The molecule has 1 aliphatic rings. The topological polar surface area (TPSA) is 56.5 Å². The van der Waals surface area contributed by atoms with Crippen LogP contribution in [-0.2, 0) is 13.2 Å². The van der Waals surface area contributed by atoms with Gasteiger partial charge in [-0.1, -0.05) is 16.8 Å². The van der Waals surface area contributed by atoms with Gasteiger partial charge in [0.15, 0.2) is 17.3 Å². The van der Waals surface area contributed by atoms with Crippen molar-refractivity contribution < 1.29 is 14.0 Å². The maximum Gasteiger partial charge on any atom is 0.174 e. The molecule has 1 aliphatic carbocycles. The van der Waals surface area contributed by atoms with E-state index in [1.807, 2.05) is 6.07 Å². The molecule has 21 heavy (non-hydrogen) atoms. The van der Waals surface area contributed by atoms with Crippen molar-refractivity contribution in [1.29, 1.82) is 0 Å². The third-order valence-corrected chi connectivity index (χ3v) is 3.54. The van der Waals surface area contributed by atoms with Crippen LogP contribution in [-0.4, -0.2) is 18.3 Å². The average molecular weight is 309 g/mol. The Balaban J connectivity index is 1.79. The number of benzene rings is 1. The molecule has 0 spiro atoms. The number of hydrogen-bond acceptors (Lipinski definition) is 5. The molecular weight excluding hydrogens is 292 g/mol. The summed E-state index contributed by atoms with van der Waals surface area (Å²) in [5.41, 5.74) is 0.978. The molecule has 5 nitrogen and oxygen atoms in total. The van der Waals surface area contributed by atoms with Crippen LogP contribution in [0.3, 0.4) is 0 Å². The number of rotatable bonds is 7. The van der Waals surface area contributed by atoms with E-state index in [-0.39, 0.29) is 0 Å². The SMILES string of the molecule is COc1cc(Cl)cc(CNC2CC2)c1OCc1ccno1. The van der Waals surface area contributed by atoms with Crippen LogP contribution in [0.15, 0.2) is 28.9 Å². The van der Waals surface area contributed by atoms with Gasteiger partial charge in [0.1, 0.15) is 6.61 Å². The first kappa shape index (κ1) is 14.2. The fourth-order valence-corrected chi connectivity index (χ4v) is 2.30. The van der Waals surface area contributed by atoms with Crippen molar-refractivity contribution in [1.82, 2.24) is 10.5 Å². The van der Waals surface area contributed by atoms with Gasteiger partial charge in [-0.05, 0) is 18.9 Å². The van der Waals surface area contributed by atoms with Gasteiger partial charge in [-0.2, -0.15) is 0 Å². The lowest BCUT2D eigenvalue weighted by molar-refractivity contribution is 0.236. The Labute approximate surface area is 128 Å². The van der Waals surface area contributed by atoms with Gasteiger partial charge in [0, 0.05) is 35.3 Å². The molecule has 6 heteroatoms. The molecule has 1 N–H and O–H groups in total. The zero-order valence-electron chi connectivity index (χ0n) is 11.8. The highest BCUT2D eigenvalue weighted by molar-refractivity contribution is 6.30. The van der Waals surface area contributed by atoms with E-state index in [1.54, 1.807) is 25.4 Å². The van der Waals surface area contributed by atoms with E-state index < -0.39 is 0 Å². The first-order valence-corrected chi connectivity index (χ1v) is 7.26. The lowest BCUT2D eigenvalue weighted by Gasteiger charge is -2.15. The Bertz CT molecular complexity index is 597. The maximum atomic E-state index is 6.14. The van der Waals surface area contributed by atoms with E-state index in [4.69, 9.17) is 25.6 Å². The van der Waals surface area contributed by atoms with Gasteiger partial charge in [-0.15, -0.1) is 0 Å². The molecule has 0 radical (unpaired) electrons. The van der Waals surface area contributed by atoms with Gasteiger partial charge < -0.3 is 19.3 Å². The summed E-state index contributed by atoms with van der Waals surface area (Å²) in [6, 6.07) is 6.02. The van der Waals surface area contributed by atoms with Gasteiger partial charge in [0.05, 0.1) is 13.3 Å². The van der Waals surface area contributed by atoms with Crippen molar-refractivity contribution in [3.63, 3.8) is 0 Å². The molecule has 1 heterocycles. The molecular formula is C15H17ClN2O3.